The highest BCUT2D eigenvalue weighted by Gasteiger charge is 2.26. The standard InChI is InChI=1S/C14H29NO/c1-11(10-16)6-5-9-15-14-12(2)7-4-8-13(14)3/h11-16H,4-10H2,1-3H3. The Morgan fingerprint density at radius 2 is 1.88 bits per heavy atom. The van der Waals surface area contributed by atoms with E-state index in [0.717, 1.165) is 30.8 Å². The van der Waals surface area contributed by atoms with Crippen molar-refractivity contribution in [1.29, 1.82) is 0 Å². The molecule has 0 heterocycles. The Morgan fingerprint density at radius 3 is 2.44 bits per heavy atom. The number of aliphatic hydroxyl groups excluding tert-OH is 1. The van der Waals surface area contributed by atoms with Crippen LogP contribution in [0.3, 0.4) is 0 Å². The van der Waals surface area contributed by atoms with Crippen LogP contribution in [0, 0.1) is 17.8 Å². The first-order valence-electron chi connectivity index (χ1n) is 6.99. The van der Waals surface area contributed by atoms with Crippen LogP contribution >= 0.6 is 0 Å². The molecule has 1 aliphatic carbocycles. The molecule has 0 aliphatic heterocycles. The van der Waals surface area contributed by atoms with Crippen LogP contribution in [-0.2, 0) is 0 Å². The minimum atomic E-state index is 0.330. The lowest BCUT2D eigenvalue weighted by Crippen LogP contribution is -2.43. The number of rotatable bonds is 6. The molecule has 2 heteroatoms. The molecule has 2 N–H and O–H groups in total. The van der Waals surface area contributed by atoms with Gasteiger partial charge in [-0.3, -0.25) is 0 Å². The third kappa shape index (κ3) is 4.42. The monoisotopic (exact) mass is 227 g/mol. The second kappa shape index (κ2) is 7.29. The quantitative estimate of drug-likeness (QED) is 0.684. The predicted octanol–water partition coefficient (Wildman–Crippen LogP) is 2.81. The molecule has 1 rings (SSSR count). The van der Waals surface area contributed by atoms with Crippen molar-refractivity contribution in [3.63, 3.8) is 0 Å². The Labute approximate surface area is 101 Å². The van der Waals surface area contributed by atoms with E-state index < -0.39 is 0 Å². The summed E-state index contributed by atoms with van der Waals surface area (Å²) < 4.78 is 0. The lowest BCUT2D eigenvalue weighted by molar-refractivity contribution is 0.202. The topological polar surface area (TPSA) is 32.3 Å². The van der Waals surface area contributed by atoms with Gasteiger partial charge in [0.1, 0.15) is 0 Å². The van der Waals surface area contributed by atoms with Crippen molar-refractivity contribution in [3.8, 4) is 0 Å². The van der Waals surface area contributed by atoms with E-state index in [0.29, 0.717) is 12.5 Å². The van der Waals surface area contributed by atoms with Crippen molar-refractivity contribution in [1.82, 2.24) is 5.32 Å². The second-order valence-electron chi connectivity index (χ2n) is 5.80. The maximum Gasteiger partial charge on any atom is 0.0456 e. The molecule has 0 aromatic heterocycles. The van der Waals surface area contributed by atoms with E-state index in [-0.39, 0.29) is 0 Å². The largest absolute Gasteiger partial charge is 0.396 e. The molecular weight excluding hydrogens is 198 g/mol. The molecule has 1 fully saturated rings. The Balaban J connectivity index is 2.15. The molecule has 0 amide bonds. The second-order valence-corrected chi connectivity index (χ2v) is 5.80. The van der Waals surface area contributed by atoms with Crippen molar-refractivity contribution in [2.45, 2.75) is 58.9 Å². The number of hydrogen-bond acceptors (Lipinski definition) is 2. The van der Waals surface area contributed by atoms with Crippen LogP contribution in [0.2, 0.25) is 0 Å². The van der Waals surface area contributed by atoms with Crippen LogP contribution in [0.25, 0.3) is 0 Å². The molecule has 3 atom stereocenters. The Hall–Kier alpha value is -0.0800. The minimum absolute atomic E-state index is 0.330. The zero-order chi connectivity index (χ0) is 12.0. The van der Waals surface area contributed by atoms with Crippen molar-refractivity contribution >= 4 is 0 Å². The van der Waals surface area contributed by atoms with Gasteiger partial charge in [-0.1, -0.05) is 27.2 Å². The zero-order valence-corrected chi connectivity index (χ0v) is 11.2. The summed E-state index contributed by atoms with van der Waals surface area (Å²) in [7, 11) is 0. The van der Waals surface area contributed by atoms with Crippen molar-refractivity contribution in [2.75, 3.05) is 13.2 Å². The fourth-order valence-electron chi connectivity index (χ4n) is 2.89. The van der Waals surface area contributed by atoms with E-state index in [1.54, 1.807) is 0 Å². The van der Waals surface area contributed by atoms with Gasteiger partial charge in [0, 0.05) is 12.6 Å². The van der Waals surface area contributed by atoms with E-state index in [1.165, 1.54) is 25.7 Å². The lowest BCUT2D eigenvalue weighted by atomic mass is 9.78. The molecule has 0 radical (unpaired) electrons. The molecule has 96 valence electrons. The molecule has 16 heavy (non-hydrogen) atoms. The molecule has 0 aromatic carbocycles. The Kier molecular flexibility index (Phi) is 6.37. The van der Waals surface area contributed by atoms with Gasteiger partial charge in [0.2, 0.25) is 0 Å². The molecule has 0 saturated heterocycles. The molecule has 0 aromatic rings. The number of aliphatic hydroxyl groups is 1. The minimum Gasteiger partial charge on any atom is -0.396 e. The van der Waals surface area contributed by atoms with Crippen LogP contribution in [0.4, 0.5) is 0 Å². The van der Waals surface area contributed by atoms with Crippen molar-refractivity contribution in [2.24, 2.45) is 17.8 Å². The molecule has 0 bridgehead atoms. The van der Waals surface area contributed by atoms with Crippen LogP contribution in [-0.4, -0.2) is 24.3 Å². The third-order valence-corrected chi connectivity index (χ3v) is 4.11. The summed E-state index contributed by atoms with van der Waals surface area (Å²) in [6, 6.07) is 0.721. The van der Waals surface area contributed by atoms with Gasteiger partial charge in [-0.2, -0.15) is 0 Å². The first kappa shape index (κ1) is 14.0. The Morgan fingerprint density at radius 1 is 1.25 bits per heavy atom. The van der Waals surface area contributed by atoms with Gasteiger partial charge in [-0.15, -0.1) is 0 Å². The summed E-state index contributed by atoms with van der Waals surface area (Å²) in [5, 5.41) is 12.7. The van der Waals surface area contributed by atoms with Crippen LogP contribution in [0.1, 0.15) is 52.9 Å². The van der Waals surface area contributed by atoms with E-state index in [4.69, 9.17) is 5.11 Å². The van der Waals surface area contributed by atoms with Gasteiger partial charge >= 0.3 is 0 Å². The van der Waals surface area contributed by atoms with Gasteiger partial charge < -0.3 is 10.4 Å². The summed E-state index contributed by atoms with van der Waals surface area (Å²) in [5.41, 5.74) is 0. The summed E-state index contributed by atoms with van der Waals surface area (Å²) in [6.45, 7) is 8.32. The predicted molar refractivity (Wildman–Crippen MR) is 69.5 cm³/mol. The van der Waals surface area contributed by atoms with Gasteiger partial charge in [0.05, 0.1) is 0 Å². The van der Waals surface area contributed by atoms with Crippen LogP contribution in [0.5, 0.6) is 0 Å². The maximum atomic E-state index is 8.95. The molecule has 2 nitrogen and oxygen atoms in total. The zero-order valence-electron chi connectivity index (χ0n) is 11.2. The maximum absolute atomic E-state index is 8.95. The van der Waals surface area contributed by atoms with E-state index in [9.17, 15) is 0 Å². The van der Waals surface area contributed by atoms with Crippen molar-refractivity contribution < 1.29 is 5.11 Å². The van der Waals surface area contributed by atoms with E-state index in [1.807, 2.05) is 0 Å². The first-order valence-corrected chi connectivity index (χ1v) is 6.99. The fourth-order valence-corrected chi connectivity index (χ4v) is 2.89. The van der Waals surface area contributed by atoms with Gasteiger partial charge in [-0.25, -0.2) is 0 Å². The summed E-state index contributed by atoms with van der Waals surface area (Å²) >= 11 is 0. The number of hydrogen-bond donors (Lipinski definition) is 2. The van der Waals surface area contributed by atoms with Crippen LogP contribution in [0.15, 0.2) is 0 Å². The Bertz CT molecular complexity index is 174. The number of nitrogens with one attached hydrogen (secondary N) is 1. The molecular formula is C14H29NO. The fraction of sp³-hybridized carbons (Fsp3) is 1.00. The third-order valence-electron chi connectivity index (χ3n) is 4.11. The molecule has 0 spiro atoms. The molecule has 1 aliphatic rings. The summed E-state index contributed by atoms with van der Waals surface area (Å²) in [5.74, 6) is 2.13. The summed E-state index contributed by atoms with van der Waals surface area (Å²) in [6.07, 6.45) is 6.50. The average Bonchev–Trinajstić information content (AvgIpc) is 2.27. The smallest absolute Gasteiger partial charge is 0.0456 e. The van der Waals surface area contributed by atoms with E-state index in [2.05, 4.69) is 26.1 Å². The molecule has 3 unspecified atom stereocenters. The van der Waals surface area contributed by atoms with Gasteiger partial charge in [-0.05, 0) is 50.0 Å². The van der Waals surface area contributed by atoms with Gasteiger partial charge in [0.25, 0.3) is 0 Å². The highest BCUT2D eigenvalue weighted by Crippen LogP contribution is 2.28. The van der Waals surface area contributed by atoms with Gasteiger partial charge in [0.15, 0.2) is 0 Å². The highest BCUT2D eigenvalue weighted by molar-refractivity contribution is 4.83. The highest BCUT2D eigenvalue weighted by atomic mass is 16.3. The normalized spacial score (nSPS) is 32.6. The van der Waals surface area contributed by atoms with Crippen LogP contribution < -0.4 is 5.32 Å². The first-order chi connectivity index (χ1) is 7.65. The lowest BCUT2D eigenvalue weighted by Gasteiger charge is -2.35. The molecule has 1 saturated carbocycles. The summed E-state index contributed by atoms with van der Waals surface area (Å²) in [4.78, 5) is 0. The SMILES string of the molecule is CC(CO)CCCNC1C(C)CCCC1C. The van der Waals surface area contributed by atoms with E-state index >= 15 is 0 Å². The average molecular weight is 227 g/mol. The van der Waals surface area contributed by atoms with Crippen molar-refractivity contribution in [3.05, 3.63) is 0 Å².